The molecule has 1 fully saturated rings. The van der Waals surface area contributed by atoms with Gasteiger partial charge in [0.2, 0.25) is 5.91 Å². The summed E-state index contributed by atoms with van der Waals surface area (Å²) in [7, 11) is 0. The highest BCUT2D eigenvalue weighted by Gasteiger charge is 2.25. The van der Waals surface area contributed by atoms with Crippen LogP contribution in [0.15, 0.2) is 54.6 Å². The highest BCUT2D eigenvalue weighted by Crippen LogP contribution is 2.21. The number of benzene rings is 1. The molecule has 26 heavy (non-hydrogen) atoms. The van der Waals surface area contributed by atoms with Crippen LogP contribution in [0.25, 0.3) is 0 Å². The SMILES string of the molecule is O=C(O)CCC/C=C\CN1C(=O)CCC[C@@H]1/C=C/C(O)c1ccccc1. The molecule has 2 N–H and O–H groups in total. The first-order chi connectivity index (χ1) is 12.6. The molecule has 1 heterocycles. The lowest BCUT2D eigenvalue weighted by atomic mass is 9.99. The van der Waals surface area contributed by atoms with Gasteiger partial charge in [0.25, 0.3) is 0 Å². The molecular formula is C21H27NO4. The van der Waals surface area contributed by atoms with Crippen molar-refractivity contribution >= 4 is 11.9 Å². The zero-order chi connectivity index (χ0) is 18.8. The van der Waals surface area contributed by atoms with E-state index in [1.165, 1.54) is 0 Å². The van der Waals surface area contributed by atoms with Crippen molar-refractivity contribution in [3.63, 3.8) is 0 Å². The lowest BCUT2D eigenvalue weighted by Gasteiger charge is -2.33. The smallest absolute Gasteiger partial charge is 0.303 e. The molecule has 1 amide bonds. The van der Waals surface area contributed by atoms with Crippen LogP contribution in [0.1, 0.15) is 50.2 Å². The van der Waals surface area contributed by atoms with E-state index in [1.807, 2.05) is 53.5 Å². The van der Waals surface area contributed by atoms with E-state index in [1.54, 1.807) is 6.08 Å². The number of carboxylic acids is 1. The van der Waals surface area contributed by atoms with Crippen molar-refractivity contribution in [2.45, 2.75) is 50.7 Å². The Kier molecular flexibility index (Phi) is 8.09. The predicted molar refractivity (Wildman–Crippen MR) is 101 cm³/mol. The number of carbonyl (C=O) groups excluding carboxylic acids is 1. The molecule has 5 nitrogen and oxygen atoms in total. The fourth-order valence-electron chi connectivity index (χ4n) is 3.06. The first-order valence-corrected chi connectivity index (χ1v) is 9.15. The molecule has 1 aromatic rings. The maximum Gasteiger partial charge on any atom is 0.303 e. The van der Waals surface area contributed by atoms with Gasteiger partial charge in [-0.25, -0.2) is 0 Å². The van der Waals surface area contributed by atoms with Gasteiger partial charge in [-0.15, -0.1) is 0 Å². The molecule has 0 radical (unpaired) electrons. The van der Waals surface area contributed by atoms with Crippen LogP contribution >= 0.6 is 0 Å². The molecule has 1 saturated heterocycles. The third-order valence-corrected chi connectivity index (χ3v) is 4.50. The number of unbranched alkanes of at least 4 members (excludes halogenated alkanes) is 1. The molecule has 0 aliphatic carbocycles. The minimum absolute atomic E-state index is 0.0155. The average Bonchev–Trinajstić information content (AvgIpc) is 2.64. The Labute approximate surface area is 154 Å². The normalized spacial score (nSPS) is 19.3. The Morgan fingerprint density at radius 2 is 2.04 bits per heavy atom. The van der Waals surface area contributed by atoms with Crippen LogP contribution in [-0.4, -0.2) is 39.6 Å². The molecule has 0 bridgehead atoms. The summed E-state index contributed by atoms with van der Waals surface area (Å²) in [5.41, 5.74) is 0.829. The molecular weight excluding hydrogens is 330 g/mol. The highest BCUT2D eigenvalue weighted by atomic mass is 16.4. The lowest BCUT2D eigenvalue weighted by Crippen LogP contribution is -2.42. The van der Waals surface area contributed by atoms with E-state index in [0.717, 1.165) is 18.4 Å². The van der Waals surface area contributed by atoms with Crippen LogP contribution in [0, 0.1) is 0 Å². The number of rotatable bonds is 9. The van der Waals surface area contributed by atoms with Crippen molar-refractivity contribution in [1.82, 2.24) is 4.90 Å². The molecule has 1 aromatic carbocycles. The number of aliphatic carboxylic acids is 1. The van der Waals surface area contributed by atoms with E-state index >= 15 is 0 Å². The average molecular weight is 357 g/mol. The van der Waals surface area contributed by atoms with Crippen molar-refractivity contribution < 1.29 is 19.8 Å². The van der Waals surface area contributed by atoms with Crippen molar-refractivity contribution in [1.29, 1.82) is 0 Å². The second-order valence-electron chi connectivity index (χ2n) is 6.50. The summed E-state index contributed by atoms with van der Waals surface area (Å²) >= 11 is 0. The Bertz CT molecular complexity index is 639. The molecule has 0 saturated carbocycles. The number of amides is 1. The molecule has 0 aromatic heterocycles. The summed E-state index contributed by atoms with van der Waals surface area (Å²) in [6.45, 7) is 0.516. The first-order valence-electron chi connectivity index (χ1n) is 9.15. The van der Waals surface area contributed by atoms with Crippen LogP contribution in [0.2, 0.25) is 0 Å². The van der Waals surface area contributed by atoms with Crippen LogP contribution < -0.4 is 0 Å². The van der Waals surface area contributed by atoms with Gasteiger partial charge in [0.1, 0.15) is 0 Å². The van der Waals surface area contributed by atoms with Gasteiger partial charge in [0.15, 0.2) is 0 Å². The minimum Gasteiger partial charge on any atom is -0.481 e. The molecule has 2 atom stereocenters. The maximum atomic E-state index is 12.2. The van der Waals surface area contributed by atoms with Gasteiger partial charge in [-0.05, 0) is 31.2 Å². The molecule has 1 aliphatic rings. The van der Waals surface area contributed by atoms with Crippen molar-refractivity contribution in [3.8, 4) is 0 Å². The van der Waals surface area contributed by atoms with Gasteiger partial charge in [-0.1, -0.05) is 54.6 Å². The van der Waals surface area contributed by atoms with E-state index < -0.39 is 12.1 Å². The third-order valence-electron chi connectivity index (χ3n) is 4.50. The van der Waals surface area contributed by atoms with Gasteiger partial charge in [-0.3, -0.25) is 9.59 Å². The summed E-state index contributed by atoms with van der Waals surface area (Å²) in [6, 6.07) is 9.41. The Morgan fingerprint density at radius 1 is 1.27 bits per heavy atom. The van der Waals surface area contributed by atoms with E-state index in [9.17, 15) is 14.7 Å². The number of nitrogens with zero attached hydrogens (tertiary/aromatic N) is 1. The third kappa shape index (κ3) is 6.48. The lowest BCUT2D eigenvalue weighted by molar-refractivity contribution is -0.137. The molecule has 1 unspecified atom stereocenters. The summed E-state index contributed by atoms with van der Waals surface area (Å²) in [5, 5.41) is 18.9. The number of hydrogen-bond acceptors (Lipinski definition) is 3. The number of allylic oxidation sites excluding steroid dienone is 1. The van der Waals surface area contributed by atoms with Crippen molar-refractivity contribution in [2.75, 3.05) is 6.54 Å². The van der Waals surface area contributed by atoms with Crippen LogP contribution in [0.5, 0.6) is 0 Å². The second-order valence-corrected chi connectivity index (χ2v) is 6.50. The van der Waals surface area contributed by atoms with Crippen molar-refractivity contribution in [3.05, 3.63) is 60.2 Å². The van der Waals surface area contributed by atoms with Gasteiger partial charge in [0.05, 0.1) is 12.1 Å². The molecule has 5 heteroatoms. The standard InChI is InChI=1S/C21H27NO4/c23-19(17-9-4-3-5-10-17)15-14-18-11-8-12-20(24)22(18)16-7-2-1-6-13-21(25)26/h2-5,7,9-10,14-15,18-19,23H,1,6,8,11-13,16H2,(H,25,26)/b7-2-,15-14+/t18-,19?/m1/s1. The van der Waals surface area contributed by atoms with E-state index in [-0.39, 0.29) is 18.4 Å². The number of carbonyl (C=O) groups is 2. The van der Waals surface area contributed by atoms with Crippen LogP contribution in [0.4, 0.5) is 0 Å². The molecule has 2 rings (SSSR count). The number of carboxylic acid groups (broad SMARTS) is 1. The fourth-order valence-corrected chi connectivity index (χ4v) is 3.06. The van der Waals surface area contributed by atoms with Crippen molar-refractivity contribution in [2.24, 2.45) is 0 Å². The number of likely N-dealkylation sites (tertiary alicyclic amines) is 1. The Hall–Kier alpha value is -2.40. The second kappa shape index (κ2) is 10.6. The van der Waals surface area contributed by atoms with Gasteiger partial charge in [-0.2, -0.15) is 0 Å². The van der Waals surface area contributed by atoms with Crippen LogP contribution in [-0.2, 0) is 9.59 Å². The predicted octanol–water partition coefficient (Wildman–Crippen LogP) is 3.47. The summed E-state index contributed by atoms with van der Waals surface area (Å²) in [4.78, 5) is 24.6. The number of piperidine rings is 1. The van der Waals surface area contributed by atoms with Gasteiger partial charge < -0.3 is 15.1 Å². The largest absolute Gasteiger partial charge is 0.481 e. The zero-order valence-corrected chi connectivity index (χ0v) is 15.0. The quantitative estimate of drug-likeness (QED) is 0.524. The summed E-state index contributed by atoms with van der Waals surface area (Å²) < 4.78 is 0. The number of aliphatic hydroxyl groups is 1. The fraction of sp³-hybridized carbons (Fsp3) is 0.429. The number of aliphatic hydroxyl groups excluding tert-OH is 1. The molecule has 0 spiro atoms. The molecule has 1 aliphatic heterocycles. The monoisotopic (exact) mass is 357 g/mol. The van der Waals surface area contributed by atoms with Gasteiger partial charge in [0, 0.05) is 19.4 Å². The topological polar surface area (TPSA) is 77.8 Å². The van der Waals surface area contributed by atoms with E-state index in [4.69, 9.17) is 5.11 Å². The zero-order valence-electron chi connectivity index (χ0n) is 15.0. The maximum absolute atomic E-state index is 12.2. The Morgan fingerprint density at radius 3 is 2.77 bits per heavy atom. The minimum atomic E-state index is -0.785. The highest BCUT2D eigenvalue weighted by molar-refractivity contribution is 5.77. The summed E-state index contributed by atoms with van der Waals surface area (Å²) in [6.07, 6.45) is 10.6. The van der Waals surface area contributed by atoms with Crippen LogP contribution in [0.3, 0.4) is 0 Å². The van der Waals surface area contributed by atoms with E-state index in [2.05, 4.69) is 0 Å². The number of hydrogen-bond donors (Lipinski definition) is 2. The first kappa shape index (κ1) is 19.9. The van der Waals surface area contributed by atoms with Gasteiger partial charge >= 0.3 is 5.97 Å². The molecule has 140 valence electrons. The summed E-state index contributed by atoms with van der Waals surface area (Å²) in [5.74, 6) is -0.665. The van der Waals surface area contributed by atoms with E-state index in [0.29, 0.717) is 25.8 Å². The Balaban J connectivity index is 1.90.